The molecule has 3 rings (SSSR count). The van der Waals surface area contributed by atoms with E-state index in [1.165, 1.54) is 35.2 Å². The average Bonchev–Trinajstić information content (AvgIpc) is 2.79. The molecule has 172 valence electrons. The predicted octanol–water partition coefficient (Wildman–Crippen LogP) is 4.67. The van der Waals surface area contributed by atoms with Crippen molar-refractivity contribution in [3.63, 3.8) is 0 Å². The molecule has 6 heteroatoms. The monoisotopic (exact) mass is 450 g/mol. The molecular weight excluding hydrogens is 422 g/mol. The van der Waals surface area contributed by atoms with Gasteiger partial charge in [0.15, 0.2) is 0 Å². The molecule has 0 radical (unpaired) electrons. The molecule has 0 aliphatic carbocycles. The second kappa shape index (κ2) is 11.4. The van der Waals surface area contributed by atoms with E-state index in [-0.39, 0.29) is 37.2 Å². The van der Waals surface area contributed by atoms with E-state index in [1.807, 2.05) is 44.2 Å². The summed E-state index contributed by atoms with van der Waals surface area (Å²) in [5, 5.41) is 2.89. The summed E-state index contributed by atoms with van der Waals surface area (Å²) in [6.07, 6.45) is 0.248. The van der Waals surface area contributed by atoms with Gasteiger partial charge in [0.2, 0.25) is 11.8 Å². The number of hydrogen-bond acceptors (Lipinski definition) is 2. The zero-order chi connectivity index (χ0) is 23.8. The first-order valence-corrected chi connectivity index (χ1v) is 10.9. The summed E-state index contributed by atoms with van der Waals surface area (Å²) in [4.78, 5) is 28.1. The number of nitrogens with zero attached hydrogens (tertiary/aromatic N) is 1. The molecule has 3 aromatic carbocycles. The van der Waals surface area contributed by atoms with E-state index in [2.05, 4.69) is 5.32 Å². The molecule has 33 heavy (non-hydrogen) atoms. The molecule has 0 bridgehead atoms. The van der Waals surface area contributed by atoms with Crippen LogP contribution in [0, 0.1) is 11.6 Å². The second-order valence-corrected chi connectivity index (χ2v) is 8.29. The van der Waals surface area contributed by atoms with Gasteiger partial charge in [0, 0.05) is 24.6 Å². The molecule has 1 atom stereocenters. The molecule has 0 fully saturated rings. The summed E-state index contributed by atoms with van der Waals surface area (Å²) in [6, 6.07) is 20.3. The van der Waals surface area contributed by atoms with Gasteiger partial charge < -0.3 is 10.2 Å². The van der Waals surface area contributed by atoms with Crippen molar-refractivity contribution in [2.75, 3.05) is 0 Å². The van der Waals surface area contributed by atoms with Gasteiger partial charge in [0.1, 0.15) is 17.7 Å². The molecule has 1 N–H and O–H groups in total. The summed E-state index contributed by atoms with van der Waals surface area (Å²) in [5.74, 6) is -1.49. The molecule has 0 saturated carbocycles. The van der Waals surface area contributed by atoms with Crippen molar-refractivity contribution in [1.29, 1.82) is 0 Å². The lowest BCUT2D eigenvalue weighted by atomic mass is 10.0. The molecule has 0 aliphatic heterocycles. The Balaban J connectivity index is 1.97. The molecular formula is C27H28F2N2O2. The highest BCUT2D eigenvalue weighted by Crippen LogP contribution is 2.18. The molecule has 3 aromatic rings. The minimum atomic E-state index is -0.845. The zero-order valence-electron chi connectivity index (χ0n) is 18.8. The van der Waals surface area contributed by atoms with Crippen LogP contribution in [0.1, 0.15) is 30.5 Å². The van der Waals surface area contributed by atoms with Crippen LogP contribution in [0.25, 0.3) is 0 Å². The van der Waals surface area contributed by atoms with Crippen LogP contribution in [0.3, 0.4) is 0 Å². The van der Waals surface area contributed by atoms with Gasteiger partial charge in [-0.1, -0.05) is 60.7 Å². The Morgan fingerprint density at radius 3 is 2.12 bits per heavy atom. The Bertz CT molecular complexity index is 1070. The molecule has 0 saturated heterocycles. The van der Waals surface area contributed by atoms with E-state index in [0.29, 0.717) is 11.1 Å². The second-order valence-electron chi connectivity index (χ2n) is 8.29. The lowest BCUT2D eigenvalue weighted by Gasteiger charge is -2.32. The van der Waals surface area contributed by atoms with Crippen LogP contribution < -0.4 is 5.32 Å². The molecule has 0 spiro atoms. The standard InChI is InChI=1S/C27H28F2N2O2/c1-19(2)30-27(33)25(16-20-8-4-3-5-9-20)31(18-22-10-6-7-11-24(22)29)26(32)17-21-12-14-23(28)15-13-21/h3-15,19,25H,16-18H2,1-2H3,(H,30,33)/t25-/m0/s1. The maximum atomic E-state index is 14.5. The highest BCUT2D eigenvalue weighted by molar-refractivity contribution is 5.89. The van der Waals surface area contributed by atoms with Crippen molar-refractivity contribution in [1.82, 2.24) is 10.2 Å². The van der Waals surface area contributed by atoms with E-state index in [9.17, 15) is 18.4 Å². The quantitative estimate of drug-likeness (QED) is 0.515. The van der Waals surface area contributed by atoms with E-state index in [4.69, 9.17) is 0 Å². The van der Waals surface area contributed by atoms with Gasteiger partial charge in [-0.25, -0.2) is 8.78 Å². The molecule has 0 heterocycles. The van der Waals surface area contributed by atoms with Crippen LogP contribution in [0.4, 0.5) is 8.78 Å². The lowest BCUT2D eigenvalue weighted by molar-refractivity contribution is -0.141. The van der Waals surface area contributed by atoms with Crippen molar-refractivity contribution in [3.05, 3.63) is 107 Å². The van der Waals surface area contributed by atoms with E-state index in [0.717, 1.165) is 5.56 Å². The first-order valence-electron chi connectivity index (χ1n) is 10.9. The topological polar surface area (TPSA) is 49.4 Å². The maximum Gasteiger partial charge on any atom is 0.243 e. The summed E-state index contributed by atoms with van der Waals surface area (Å²) in [6.45, 7) is 3.63. The molecule has 0 aromatic heterocycles. The maximum absolute atomic E-state index is 14.5. The van der Waals surface area contributed by atoms with E-state index >= 15 is 0 Å². The first kappa shape index (κ1) is 24.1. The molecule has 2 amide bonds. The summed E-state index contributed by atoms with van der Waals surface area (Å²) < 4.78 is 27.8. The smallest absolute Gasteiger partial charge is 0.243 e. The normalized spacial score (nSPS) is 11.8. The van der Waals surface area contributed by atoms with Gasteiger partial charge in [-0.2, -0.15) is 0 Å². The third-order valence-electron chi connectivity index (χ3n) is 5.27. The third kappa shape index (κ3) is 6.97. The van der Waals surface area contributed by atoms with Crippen LogP contribution in [-0.2, 0) is 29.0 Å². The number of hydrogen-bond donors (Lipinski definition) is 1. The summed E-state index contributed by atoms with van der Waals surface area (Å²) in [7, 11) is 0. The Hall–Kier alpha value is -3.54. The van der Waals surface area contributed by atoms with Crippen molar-refractivity contribution in [2.45, 2.75) is 45.3 Å². The van der Waals surface area contributed by atoms with Gasteiger partial charge in [-0.3, -0.25) is 9.59 Å². The minimum absolute atomic E-state index is 0.0328. The zero-order valence-corrected chi connectivity index (χ0v) is 18.8. The fraction of sp³-hybridized carbons (Fsp3) is 0.259. The SMILES string of the molecule is CC(C)NC(=O)[C@H](Cc1ccccc1)N(Cc1ccccc1F)C(=O)Cc1ccc(F)cc1. The lowest BCUT2D eigenvalue weighted by Crippen LogP contribution is -2.52. The van der Waals surface area contributed by atoms with E-state index in [1.54, 1.807) is 18.2 Å². The fourth-order valence-corrected chi connectivity index (χ4v) is 3.62. The molecule has 0 unspecified atom stereocenters. The number of benzene rings is 3. The van der Waals surface area contributed by atoms with Crippen LogP contribution in [0.2, 0.25) is 0 Å². The van der Waals surface area contributed by atoms with Crippen molar-refractivity contribution < 1.29 is 18.4 Å². The summed E-state index contributed by atoms with van der Waals surface area (Å²) in [5.41, 5.74) is 1.82. The number of halogens is 2. The van der Waals surface area contributed by atoms with Gasteiger partial charge in [-0.05, 0) is 43.2 Å². The Morgan fingerprint density at radius 1 is 0.848 bits per heavy atom. The third-order valence-corrected chi connectivity index (χ3v) is 5.27. The van der Waals surface area contributed by atoms with Crippen molar-refractivity contribution >= 4 is 11.8 Å². The number of carbonyl (C=O) groups excluding carboxylic acids is 2. The minimum Gasteiger partial charge on any atom is -0.352 e. The highest BCUT2D eigenvalue weighted by atomic mass is 19.1. The predicted molar refractivity (Wildman–Crippen MR) is 124 cm³/mol. The average molecular weight is 451 g/mol. The van der Waals surface area contributed by atoms with Crippen LogP contribution in [0.5, 0.6) is 0 Å². The number of rotatable bonds is 9. The Morgan fingerprint density at radius 2 is 1.48 bits per heavy atom. The van der Waals surface area contributed by atoms with Crippen LogP contribution in [-0.4, -0.2) is 28.8 Å². The van der Waals surface area contributed by atoms with Crippen LogP contribution in [0.15, 0.2) is 78.9 Å². The first-order chi connectivity index (χ1) is 15.8. The van der Waals surface area contributed by atoms with Gasteiger partial charge >= 0.3 is 0 Å². The molecule has 0 aliphatic rings. The fourth-order valence-electron chi connectivity index (χ4n) is 3.62. The van der Waals surface area contributed by atoms with Gasteiger partial charge in [0.05, 0.1) is 6.42 Å². The van der Waals surface area contributed by atoms with Gasteiger partial charge in [-0.15, -0.1) is 0 Å². The largest absolute Gasteiger partial charge is 0.352 e. The van der Waals surface area contributed by atoms with Crippen molar-refractivity contribution in [2.24, 2.45) is 0 Å². The van der Waals surface area contributed by atoms with Crippen molar-refractivity contribution in [3.8, 4) is 0 Å². The Kier molecular flexibility index (Phi) is 8.30. The van der Waals surface area contributed by atoms with Crippen LogP contribution >= 0.6 is 0 Å². The molecule has 4 nitrogen and oxygen atoms in total. The summed E-state index contributed by atoms with van der Waals surface area (Å²) >= 11 is 0. The van der Waals surface area contributed by atoms with Gasteiger partial charge in [0.25, 0.3) is 0 Å². The number of nitrogens with one attached hydrogen (secondary N) is 1. The van der Waals surface area contributed by atoms with E-state index < -0.39 is 17.7 Å². The Labute approximate surface area is 193 Å². The highest BCUT2D eigenvalue weighted by Gasteiger charge is 2.31. The number of carbonyl (C=O) groups is 2. The number of amides is 2.